The molecule has 7 nitrogen and oxygen atoms in total. The first-order valence-corrected chi connectivity index (χ1v) is 9.33. The lowest BCUT2D eigenvalue weighted by Gasteiger charge is -2.29. The molecule has 3 rings (SSSR count). The summed E-state index contributed by atoms with van der Waals surface area (Å²) in [5.41, 5.74) is 0.785. The highest BCUT2D eigenvalue weighted by Gasteiger charge is 2.37. The first-order chi connectivity index (χ1) is 11.5. The highest BCUT2D eigenvalue weighted by molar-refractivity contribution is 9.10. The van der Waals surface area contributed by atoms with Crippen LogP contribution in [0.5, 0.6) is 5.75 Å². The van der Waals surface area contributed by atoms with Crippen LogP contribution in [0.2, 0.25) is 0 Å². The number of hydrogen-bond donors (Lipinski definition) is 0. The van der Waals surface area contributed by atoms with E-state index < -0.39 is 18.8 Å². The fraction of sp³-hybridized carbons (Fsp3) is 0.200. The number of nitro benzene ring substituents is 1. The number of halogens is 1. The Kier molecular flexibility index (Phi) is 5.01. The van der Waals surface area contributed by atoms with Crippen LogP contribution in [-0.2, 0) is 13.6 Å². The van der Waals surface area contributed by atoms with Crippen molar-refractivity contribution in [2.24, 2.45) is 0 Å². The van der Waals surface area contributed by atoms with Crippen LogP contribution < -0.4 is 4.52 Å². The van der Waals surface area contributed by atoms with Gasteiger partial charge in [0.1, 0.15) is 5.75 Å². The van der Waals surface area contributed by atoms with Gasteiger partial charge in [-0.3, -0.25) is 19.2 Å². The molecule has 0 amide bonds. The molecule has 0 aromatic heterocycles. The van der Waals surface area contributed by atoms with Crippen LogP contribution in [0.25, 0.3) is 0 Å². The normalized spacial score (nSPS) is 23.6. The first-order valence-electron chi connectivity index (χ1n) is 7.08. The number of nitrogens with zero attached hydrogens (tertiary/aromatic N) is 1. The number of benzene rings is 2. The third kappa shape index (κ3) is 4.02. The minimum Gasteiger partial charge on any atom is -0.404 e. The minimum atomic E-state index is -3.79. The Bertz CT molecular complexity index is 780. The van der Waals surface area contributed by atoms with E-state index in [2.05, 4.69) is 15.9 Å². The van der Waals surface area contributed by atoms with E-state index in [-0.39, 0.29) is 18.0 Å². The molecule has 1 heterocycles. The van der Waals surface area contributed by atoms with Gasteiger partial charge in [-0.2, -0.15) is 0 Å². The van der Waals surface area contributed by atoms with E-state index in [1.165, 1.54) is 24.3 Å². The number of phosphoric acid groups is 1. The van der Waals surface area contributed by atoms with Crippen LogP contribution in [0.4, 0.5) is 5.69 Å². The lowest BCUT2D eigenvalue weighted by Crippen LogP contribution is -2.16. The van der Waals surface area contributed by atoms with Crippen molar-refractivity contribution in [3.63, 3.8) is 0 Å². The Morgan fingerprint density at radius 1 is 1.17 bits per heavy atom. The summed E-state index contributed by atoms with van der Waals surface area (Å²) < 4.78 is 29.7. The molecule has 1 saturated heterocycles. The van der Waals surface area contributed by atoms with Gasteiger partial charge >= 0.3 is 7.82 Å². The van der Waals surface area contributed by atoms with Crippen molar-refractivity contribution in [2.45, 2.75) is 12.5 Å². The van der Waals surface area contributed by atoms with Crippen molar-refractivity contribution in [1.29, 1.82) is 0 Å². The van der Waals surface area contributed by atoms with Gasteiger partial charge in [-0.15, -0.1) is 0 Å². The predicted octanol–water partition coefficient (Wildman–Crippen LogP) is 5.02. The molecule has 2 atom stereocenters. The van der Waals surface area contributed by atoms with Crippen LogP contribution >= 0.6 is 23.8 Å². The van der Waals surface area contributed by atoms with Crippen molar-refractivity contribution >= 4 is 29.4 Å². The van der Waals surface area contributed by atoms with Crippen LogP contribution in [0, 0.1) is 10.1 Å². The largest absolute Gasteiger partial charge is 0.530 e. The highest BCUT2D eigenvalue weighted by atomic mass is 79.9. The number of nitro groups is 1. The van der Waals surface area contributed by atoms with Gasteiger partial charge in [0.2, 0.25) is 0 Å². The van der Waals surface area contributed by atoms with E-state index in [4.69, 9.17) is 13.6 Å². The van der Waals surface area contributed by atoms with Gasteiger partial charge in [-0.05, 0) is 29.8 Å². The molecule has 1 fully saturated rings. The Balaban J connectivity index is 1.73. The second-order valence-corrected chi connectivity index (χ2v) is 7.52. The minimum absolute atomic E-state index is 0.0844. The summed E-state index contributed by atoms with van der Waals surface area (Å²) >= 11 is 3.36. The molecule has 2 aromatic rings. The zero-order valence-electron chi connectivity index (χ0n) is 12.3. The molecular formula is C15H13BrNO6P. The van der Waals surface area contributed by atoms with Crippen LogP contribution in [-0.4, -0.2) is 11.5 Å². The molecule has 0 aliphatic carbocycles. The Morgan fingerprint density at radius 2 is 1.83 bits per heavy atom. The molecule has 0 unspecified atom stereocenters. The van der Waals surface area contributed by atoms with Gasteiger partial charge in [0.25, 0.3) is 5.69 Å². The zero-order chi connectivity index (χ0) is 17.2. The molecule has 0 N–H and O–H groups in total. The summed E-state index contributed by atoms with van der Waals surface area (Å²) in [4.78, 5) is 10.1. The maximum absolute atomic E-state index is 12.7. The van der Waals surface area contributed by atoms with Gasteiger partial charge in [-0.1, -0.05) is 28.1 Å². The molecule has 0 bridgehead atoms. The summed E-state index contributed by atoms with van der Waals surface area (Å²) in [7, 11) is -3.79. The third-order valence-electron chi connectivity index (χ3n) is 3.39. The van der Waals surface area contributed by atoms with E-state index in [0.29, 0.717) is 6.42 Å². The van der Waals surface area contributed by atoms with Crippen molar-refractivity contribution in [2.75, 3.05) is 6.61 Å². The molecule has 0 saturated carbocycles. The number of hydrogen-bond acceptors (Lipinski definition) is 6. The Morgan fingerprint density at radius 3 is 2.46 bits per heavy atom. The van der Waals surface area contributed by atoms with Gasteiger partial charge in [0.05, 0.1) is 17.6 Å². The topological polar surface area (TPSA) is 87.9 Å². The standard InChI is InChI=1S/C15H13BrNO6P/c16-12-3-1-11(2-4-12)15-9-10-21-24(20,23-15)22-14-7-5-13(6-8-14)17(18)19/h1-8,15H,9-10H2/t15-,24-/m0/s1. The van der Waals surface area contributed by atoms with Crippen LogP contribution in [0.1, 0.15) is 18.1 Å². The molecule has 24 heavy (non-hydrogen) atoms. The maximum Gasteiger partial charge on any atom is 0.530 e. The Hall–Kier alpha value is -1.73. The highest BCUT2D eigenvalue weighted by Crippen LogP contribution is 2.56. The molecule has 1 aliphatic rings. The number of phosphoric ester groups is 1. The zero-order valence-corrected chi connectivity index (χ0v) is 14.8. The Labute approximate surface area is 146 Å². The molecule has 1 aliphatic heterocycles. The van der Waals surface area contributed by atoms with E-state index >= 15 is 0 Å². The third-order valence-corrected chi connectivity index (χ3v) is 5.37. The van der Waals surface area contributed by atoms with Gasteiger partial charge in [0.15, 0.2) is 0 Å². The summed E-state index contributed by atoms with van der Waals surface area (Å²) in [5.74, 6) is 0.181. The van der Waals surface area contributed by atoms with E-state index in [1.54, 1.807) is 0 Å². The molecular weight excluding hydrogens is 401 g/mol. The van der Waals surface area contributed by atoms with Crippen LogP contribution in [0.3, 0.4) is 0 Å². The molecule has 9 heteroatoms. The first kappa shape index (κ1) is 17.1. The van der Waals surface area contributed by atoms with E-state index in [1.807, 2.05) is 24.3 Å². The fourth-order valence-electron chi connectivity index (χ4n) is 2.22. The predicted molar refractivity (Wildman–Crippen MR) is 89.9 cm³/mol. The van der Waals surface area contributed by atoms with Crippen molar-refractivity contribution in [3.8, 4) is 5.75 Å². The number of non-ortho nitro benzene ring substituents is 1. The smallest absolute Gasteiger partial charge is 0.404 e. The van der Waals surface area contributed by atoms with Crippen LogP contribution in [0.15, 0.2) is 53.0 Å². The maximum atomic E-state index is 12.7. The lowest BCUT2D eigenvalue weighted by atomic mass is 10.1. The SMILES string of the molecule is O=[N+]([O-])c1ccc(O[P@]2(=O)OCC[C@@H](c3ccc(Br)cc3)O2)cc1. The average Bonchev–Trinajstić information content (AvgIpc) is 2.55. The van der Waals surface area contributed by atoms with E-state index in [9.17, 15) is 14.7 Å². The lowest BCUT2D eigenvalue weighted by molar-refractivity contribution is -0.384. The van der Waals surface area contributed by atoms with Gasteiger partial charge in [-0.25, -0.2) is 4.57 Å². The second-order valence-electron chi connectivity index (χ2n) is 5.06. The second kappa shape index (κ2) is 7.03. The average molecular weight is 414 g/mol. The van der Waals surface area contributed by atoms with Crippen molar-refractivity contribution in [3.05, 3.63) is 68.7 Å². The monoisotopic (exact) mass is 413 g/mol. The van der Waals surface area contributed by atoms with E-state index in [0.717, 1.165) is 10.0 Å². The quantitative estimate of drug-likeness (QED) is 0.397. The molecule has 126 valence electrons. The van der Waals surface area contributed by atoms with Gasteiger partial charge in [0, 0.05) is 23.0 Å². The molecule has 0 spiro atoms. The molecule has 2 aromatic carbocycles. The van der Waals surface area contributed by atoms with Crippen molar-refractivity contribution in [1.82, 2.24) is 0 Å². The van der Waals surface area contributed by atoms with Gasteiger partial charge < -0.3 is 4.52 Å². The fourth-order valence-corrected chi connectivity index (χ4v) is 3.89. The summed E-state index contributed by atoms with van der Waals surface area (Å²) in [6.07, 6.45) is 0.144. The summed E-state index contributed by atoms with van der Waals surface area (Å²) in [5, 5.41) is 10.6. The summed E-state index contributed by atoms with van der Waals surface area (Å²) in [6.45, 7) is 0.227. The summed E-state index contributed by atoms with van der Waals surface area (Å²) in [6, 6.07) is 12.7. The molecule has 0 radical (unpaired) electrons. The number of rotatable bonds is 4. The van der Waals surface area contributed by atoms with Crippen molar-refractivity contribution < 1.29 is 23.1 Å².